The van der Waals surface area contributed by atoms with Gasteiger partial charge in [0.25, 0.3) is 0 Å². The molecule has 2 rings (SSSR count). The van der Waals surface area contributed by atoms with Gasteiger partial charge in [-0.15, -0.1) is 11.3 Å². The van der Waals surface area contributed by atoms with E-state index in [0.29, 0.717) is 23.6 Å². The van der Waals surface area contributed by atoms with Gasteiger partial charge in [0.15, 0.2) is 0 Å². The summed E-state index contributed by atoms with van der Waals surface area (Å²) in [5, 5.41) is 3.24. The number of anilines is 1. The molecule has 0 saturated carbocycles. The van der Waals surface area contributed by atoms with Crippen LogP contribution < -0.4 is 5.32 Å². The SMILES string of the molecule is CCOC(=O)c1c(NC=O)sc2c1CCCC2. The number of hydrogen-bond donors (Lipinski definition) is 1. The third kappa shape index (κ3) is 2.34. The van der Waals surface area contributed by atoms with Gasteiger partial charge in [-0.1, -0.05) is 0 Å². The van der Waals surface area contributed by atoms with Gasteiger partial charge in [0, 0.05) is 4.88 Å². The summed E-state index contributed by atoms with van der Waals surface area (Å²) >= 11 is 1.50. The smallest absolute Gasteiger partial charge is 0.341 e. The normalized spacial score (nSPS) is 13.9. The molecule has 1 amide bonds. The maximum atomic E-state index is 11.9. The molecule has 1 aliphatic carbocycles. The van der Waals surface area contributed by atoms with E-state index in [1.54, 1.807) is 6.92 Å². The lowest BCUT2D eigenvalue weighted by Gasteiger charge is -2.12. The standard InChI is InChI=1S/C12H15NO3S/c1-2-16-12(15)10-8-5-3-4-6-9(8)17-11(10)13-7-14/h7H,2-6H2,1H3,(H,13,14). The lowest BCUT2D eigenvalue weighted by molar-refractivity contribution is -0.105. The summed E-state index contributed by atoms with van der Waals surface area (Å²) in [7, 11) is 0. The molecule has 5 heteroatoms. The first-order valence-corrected chi connectivity index (χ1v) is 6.61. The molecule has 1 N–H and O–H groups in total. The molecule has 92 valence electrons. The zero-order chi connectivity index (χ0) is 12.3. The minimum absolute atomic E-state index is 0.323. The van der Waals surface area contributed by atoms with Crippen LogP contribution in [0.15, 0.2) is 0 Å². The van der Waals surface area contributed by atoms with Crippen LogP contribution in [0.1, 0.15) is 40.6 Å². The lowest BCUT2D eigenvalue weighted by atomic mass is 9.95. The molecule has 4 nitrogen and oxygen atoms in total. The van der Waals surface area contributed by atoms with Crippen LogP contribution in [0.25, 0.3) is 0 Å². The second-order valence-corrected chi connectivity index (χ2v) is 5.00. The maximum absolute atomic E-state index is 11.9. The number of aryl methyl sites for hydroxylation is 1. The average Bonchev–Trinajstić information content (AvgIpc) is 2.67. The minimum Gasteiger partial charge on any atom is -0.462 e. The molecule has 0 fully saturated rings. The van der Waals surface area contributed by atoms with Crippen LogP contribution in [0.4, 0.5) is 5.00 Å². The van der Waals surface area contributed by atoms with Gasteiger partial charge in [0.05, 0.1) is 12.2 Å². The third-order valence-electron chi connectivity index (χ3n) is 2.84. The molecule has 0 atom stereocenters. The Morgan fingerprint density at radius 1 is 1.47 bits per heavy atom. The van der Waals surface area contributed by atoms with E-state index >= 15 is 0 Å². The summed E-state index contributed by atoms with van der Waals surface area (Å²) in [5.41, 5.74) is 1.64. The molecule has 17 heavy (non-hydrogen) atoms. The first kappa shape index (κ1) is 12.1. The zero-order valence-corrected chi connectivity index (χ0v) is 10.6. The Morgan fingerprint density at radius 2 is 2.24 bits per heavy atom. The quantitative estimate of drug-likeness (QED) is 0.662. The molecule has 0 aromatic carbocycles. The molecule has 0 bridgehead atoms. The Balaban J connectivity index is 2.41. The molecule has 1 aromatic rings. The van der Waals surface area contributed by atoms with Crippen molar-refractivity contribution in [1.82, 2.24) is 0 Å². The summed E-state index contributed by atoms with van der Waals surface area (Å²) < 4.78 is 5.05. The summed E-state index contributed by atoms with van der Waals surface area (Å²) in [6.07, 6.45) is 4.75. The summed E-state index contributed by atoms with van der Waals surface area (Å²) in [6, 6.07) is 0. The molecule has 0 aliphatic heterocycles. The van der Waals surface area contributed by atoms with Crippen molar-refractivity contribution in [3.8, 4) is 0 Å². The van der Waals surface area contributed by atoms with Crippen molar-refractivity contribution in [2.24, 2.45) is 0 Å². The molecule has 0 unspecified atom stereocenters. The highest BCUT2D eigenvalue weighted by atomic mass is 32.1. The van der Waals surface area contributed by atoms with Crippen molar-refractivity contribution in [3.63, 3.8) is 0 Å². The predicted molar refractivity (Wildman–Crippen MR) is 66.6 cm³/mol. The van der Waals surface area contributed by atoms with Gasteiger partial charge >= 0.3 is 5.97 Å². The summed E-state index contributed by atoms with van der Waals surface area (Å²) in [5.74, 6) is -0.323. The molecule has 0 saturated heterocycles. The number of carbonyl (C=O) groups excluding carboxylic acids is 2. The minimum atomic E-state index is -0.323. The predicted octanol–water partition coefficient (Wildman–Crippen LogP) is 2.37. The van der Waals surface area contributed by atoms with Gasteiger partial charge in [-0.2, -0.15) is 0 Å². The van der Waals surface area contributed by atoms with Crippen molar-refractivity contribution in [3.05, 3.63) is 16.0 Å². The van der Waals surface area contributed by atoms with E-state index < -0.39 is 0 Å². The monoisotopic (exact) mass is 253 g/mol. The topological polar surface area (TPSA) is 55.4 Å². The number of fused-ring (bicyclic) bond motifs is 1. The summed E-state index contributed by atoms with van der Waals surface area (Å²) in [6.45, 7) is 2.13. The van der Waals surface area contributed by atoms with Gasteiger partial charge in [0.1, 0.15) is 5.00 Å². The van der Waals surface area contributed by atoms with Crippen LogP contribution in [-0.2, 0) is 22.4 Å². The fourth-order valence-corrected chi connectivity index (χ4v) is 3.38. The Bertz CT molecular complexity index is 439. The van der Waals surface area contributed by atoms with Crippen LogP contribution in [-0.4, -0.2) is 19.0 Å². The van der Waals surface area contributed by atoms with Crippen LogP contribution in [0.3, 0.4) is 0 Å². The molecule has 1 aromatic heterocycles. The van der Waals surface area contributed by atoms with E-state index in [4.69, 9.17) is 4.74 Å². The van der Waals surface area contributed by atoms with E-state index in [-0.39, 0.29) is 5.97 Å². The first-order chi connectivity index (χ1) is 8.27. The van der Waals surface area contributed by atoms with Gasteiger partial charge < -0.3 is 10.1 Å². The molecule has 1 aliphatic rings. The number of thiophene rings is 1. The van der Waals surface area contributed by atoms with Crippen LogP contribution >= 0.6 is 11.3 Å². The zero-order valence-electron chi connectivity index (χ0n) is 9.75. The van der Waals surface area contributed by atoms with Gasteiger partial charge in [-0.25, -0.2) is 4.79 Å². The van der Waals surface area contributed by atoms with Crippen molar-refractivity contribution < 1.29 is 14.3 Å². The van der Waals surface area contributed by atoms with Gasteiger partial charge in [-0.3, -0.25) is 4.79 Å². The van der Waals surface area contributed by atoms with E-state index in [1.165, 1.54) is 16.2 Å². The fraction of sp³-hybridized carbons (Fsp3) is 0.500. The highest BCUT2D eigenvalue weighted by molar-refractivity contribution is 7.16. The number of amides is 1. The number of esters is 1. The molecular formula is C12H15NO3S. The molecule has 0 spiro atoms. The van der Waals surface area contributed by atoms with E-state index in [1.807, 2.05) is 0 Å². The fourth-order valence-electron chi connectivity index (χ4n) is 2.14. The second kappa shape index (κ2) is 5.31. The Kier molecular flexibility index (Phi) is 3.78. The lowest BCUT2D eigenvalue weighted by Crippen LogP contribution is -2.11. The Hall–Kier alpha value is -1.36. The first-order valence-electron chi connectivity index (χ1n) is 5.79. The molecule has 1 heterocycles. The maximum Gasteiger partial charge on any atom is 0.341 e. The van der Waals surface area contributed by atoms with Crippen molar-refractivity contribution in [2.45, 2.75) is 32.6 Å². The Morgan fingerprint density at radius 3 is 2.94 bits per heavy atom. The number of carbonyl (C=O) groups is 2. The van der Waals surface area contributed by atoms with Gasteiger partial charge in [-0.05, 0) is 38.2 Å². The van der Waals surface area contributed by atoms with E-state index in [2.05, 4.69) is 5.32 Å². The number of ether oxygens (including phenoxy) is 1. The second-order valence-electron chi connectivity index (χ2n) is 3.90. The van der Waals surface area contributed by atoms with Crippen LogP contribution in [0.2, 0.25) is 0 Å². The molecular weight excluding hydrogens is 238 g/mol. The van der Waals surface area contributed by atoms with Crippen LogP contribution in [0.5, 0.6) is 0 Å². The highest BCUT2D eigenvalue weighted by Crippen LogP contribution is 2.38. The van der Waals surface area contributed by atoms with Crippen molar-refractivity contribution in [1.29, 1.82) is 0 Å². The van der Waals surface area contributed by atoms with Gasteiger partial charge in [0.2, 0.25) is 6.41 Å². The highest BCUT2D eigenvalue weighted by Gasteiger charge is 2.25. The van der Waals surface area contributed by atoms with Crippen molar-refractivity contribution in [2.75, 3.05) is 11.9 Å². The van der Waals surface area contributed by atoms with E-state index in [0.717, 1.165) is 31.2 Å². The van der Waals surface area contributed by atoms with E-state index in [9.17, 15) is 9.59 Å². The Labute approximate surface area is 104 Å². The molecule has 0 radical (unpaired) electrons. The van der Waals surface area contributed by atoms with Crippen molar-refractivity contribution >= 4 is 28.7 Å². The van der Waals surface area contributed by atoms with Crippen LogP contribution in [0, 0.1) is 0 Å². The number of hydrogen-bond acceptors (Lipinski definition) is 4. The largest absolute Gasteiger partial charge is 0.462 e. The average molecular weight is 253 g/mol. The third-order valence-corrected chi connectivity index (χ3v) is 4.06. The number of rotatable bonds is 4. The summed E-state index contributed by atoms with van der Waals surface area (Å²) in [4.78, 5) is 23.7. The number of nitrogens with one attached hydrogen (secondary N) is 1.